The number of hydrogen-bond acceptors (Lipinski definition) is 4. The van der Waals surface area contributed by atoms with Gasteiger partial charge in [0.05, 0.1) is 11.5 Å². The molecule has 1 aliphatic heterocycles. The fraction of sp³-hybridized carbons (Fsp3) is 0.600. The van der Waals surface area contributed by atoms with E-state index in [0.717, 1.165) is 5.56 Å². The van der Waals surface area contributed by atoms with Gasteiger partial charge in [0.1, 0.15) is 6.04 Å². The van der Waals surface area contributed by atoms with Crippen LogP contribution in [0.25, 0.3) is 0 Å². The van der Waals surface area contributed by atoms with Crippen molar-refractivity contribution >= 4 is 21.7 Å². The molecule has 6 nitrogen and oxygen atoms in total. The van der Waals surface area contributed by atoms with Crippen LogP contribution in [-0.2, 0) is 20.0 Å². The summed E-state index contributed by atoms with van der Waals surface area (Å²) in [5.74, 6) is -0.449. The number of carbonyl (C=O) groups excluding carboxylic acids is 2. The summed E-state index contributed by atoms with van der Waals surface area (Å²) >= 11 is 0. The molecule has 0 bridgehead atoms. The van der Waals surface area contributed by atoms with E-state index in [0.29, 0.717) is 18.5 Å². The third-order valence-electron chi connectivity index (χ3n) is 5.00. The maximum absolute atomic E-state index is 12.7. The highest BCUT2D eigenvalue weighted by molar-refractivity contribution is 7.91. The summed E-state index contributed by atoms with van der Waals surface area (Å²) in [6.07, 6.45) is 0.455. The lowest BCUT2D eigenvalue weighted by molar-refractivity contribution is -0.134. The van der Waals surface area contributed by atoms with Crippen LogP contribution in [0, 0.1) is 0 Å². The van der Waals surface area contributed by atoms with Crippen molar-refractivity contribution in [2.45, 2.75) is 58.5 Å². The molecule has 2 amide bonds. The van der Waals surface area contributed by atoms with Gasteiger partial charge >= 0.3 is 0 Å². The van der Waals surface area contributed by atoms with Gasteiger partial charge in [-0.2, -0.15) is 0 Å². The predicted octanol–water partition coefficient (Wildman–Crippen LogP) is 2.14. The maximum Gasteiger partial charge on any atom is 0.251 e. The molecule has 1 fully saturated rings. The van der Waals surface area contributed by atoms with E-state index in [1.165, 1.54) is 0 Å². The molecule has 1 aromatic carbocycles. The zero-order valence-corrected chi connectivity index (χ0v) is 17.6. The smallest absolute Gasteiger partial charge is 0.251 e. The third kappa shape index (κ3) is 5.31. The van der Waals surface area contributed by atoms with Crippen molar-refractivity contribution in [2.75, 3.05) is 18.1 Å². The molecule has 150 valence electrons. The molecule has 27 heavy (non-hydrogen) atoms. The van der Waals surface area contributed by atoms with Crippen LogP contribution in [-0.4, -0.2) is 55.3 Å². The summed E-state index contributed by atoms with van der Waals surface area (Å²) < 4.78 is 23.4. The van der Waals surface area contributed by atoms with E-state index >= 15 is 0 Å². The molecule has 0 saturated carbocycles. The van der Waals surface area contributed by atoms with Crippen molar-refractivity contribution in [1.29, 1.82) is 0 Å². The Bertz CT molecular complexity index is 794. The third-order valence-corrected chi connectivity index (χ3v) is 6.75. The molecule has 7 heteroatoms. The molecule has 2 atom stereocenters. The highest BCUT2D eigenvalue weighted by Crippen LogP contribution is 2.22. The van der Waals surface area contributed by atoms with E-state index in [1.807, 2.05) is 19.1 Å². The van der Waals surface area contributed by atoms with Crippen molar-refractivity contribution in [1.82, 2.24) is 10.2 Å². The first-order valence-corrected chi connectivity index (χ1v) is 11.2. The van der Waals surface area contributed by atoms with Gasteiger partial charge in [0.15, 0.2) is 9.84 Å². The summed E-state index contributed by atoms with van der Waals surface area (Å²) in [6.45, 7) is 10.2. The van der Waals surface area contributed by atoms with Crippen molar-refractivity contribution in [3.8, 4) is 0 Å². The largest absolute Gasteiger partial charge is 0.341 e. The Morgan fingerprint density at radius 3 is 2.26 bits per heavy atom. The van der Waals surface area contributed by atoms with Gasteiger partial charge in [-0.05, 0) is 43.4 Å². The second-order valence-corrected chi connectivity index (χ2v) is 10.4. The highest BCUT2D eigenvalue weighted by atomic mass is 32.2. The van der Waals surface area contributed by atoms with E-state index in [2.05, 4.69) is 26.1 Å². The average Bonchev–Trinajstić information content (AvgIpc) is 2.94. The molecule has 0 aromatic heterocycles. The molecule has 1 saturated heterocycles. The SMILES string of the molecule is CCN(C(=O)[C@H](C)NC(=O)c1ccc(C(C)(C)C)cc1)[C@H]1CCS(=O)(=O)C1. The number of nitrogens with zero attached hydrogens (tertiary/aromatic N) is 1. The van der Waals surface area contributed by atoms with Crippen LogP contribution in [0.4, 0.5) is 0 Å². The molecular formula is C20H30N2O4S. The summed E-state index contributed by atoms with van der Waals surface area (Å²) in [7, 11) is -3.07. The molecular weight excluding hydrogens is 364 g/mol. The van der Waals surface area contributed by atoms with Crippen molar-refractivity contribution in [3.63, 3.8) is 0 Å². The maximum atomic E-state index is 12.7. The highest BCUT2D eigenvalue weighted by Gasteiger charge is 2.35. The van der Waals surface area contributed by atoms with Crippen LogP contribution in [0.15, 0.2) is 24.3 Å². The zero-order chi connectivity index (χ0) is 20.4. The quantitative estimate of drug-likeness (QED) is 0.829. The first-order valence-electron chi connectivity index (χ1n) is 9.37. The van der Waals surface area contributed by atoms with Crippen LogP contribution in [0.2, 0.25) is 0 Å². The Hall–Kier alpha value is -1.89. The molecule has 0 unspecified atom stereocenters. The van der Waals surface area contributed by atoms with Crippen LogP contribution in [0.3, 0.4) is 0 Å². The van der Waals surface area contributed by atoms with E-state index in [4.69, 9.17) is 0 Å². The summed E-state index contributed by atoms with van der Waals surface area (Å²) in [5, 5.41) is 2.73. The molecule has 2 rings (SSSR count). The summed E-state index contributed by atoms with van der Waals surface area (Å²) in [4.78, 5) is 26.8. The van der Waals surface area contributed by atoms with Crippen molar-refractivity contribution in [3.05, 3.63) is 35.4 Å². The second kappa shape index (κ2) is 8.00. The lowest BCUT2D eigenvalue weighted by Crippen LogP contribution is -2.51. The Morgan fingerprint density at radius 1 is 1.22 bits per heavy atom. The van der Waals surface area contributed by atoms with Crippen LogP contribution >= 0.6 is 0 Å². The molecule has 0 radical (unpaired) electrons. The number of benzene rings is 1. The van der Waals surface area contributed by atoms with Gasteiger partial charge in [-0.15, -0.1) is 0 Å². The van der Waals surface area contributed by atoms with Crippen LogP contribution in [0.5, 0.6) is 0 Å². The fourth-order valence-corrected chi connectivity index (χ4v) is 5.06. The minimum atomic E-state index is -3.07. The Kier molecular flexibility index (Phi) is 6.35. The van der Waals surface area contributed by atoms with Gasteiger partial charge in [-0.1, -0.05) is 32.9 Å². The first-order chi connectivity index (χ1) is 12.4. The minimum Gasteiger partial charge on any atom is -0.341 e. The molecule has 1 N–H and O–H groups in total. The number of sulfone groups is 1. The van der Waals surface area contributed by atoms with Crippen molar-refractivity contribution < 1.29 is 18.0 Å². The van der Waals surface area contributed by atoms with Gasteiger partial charge in [-0.25, -0.2) is 8.42 Å². The lowest BCUT2D eigenvalue weighted by atomic mass is 9.86. The minimum absolute atomic E-state index is 0.00150. The molecule has 1 heterocycles. The van der Waals surface area contributed by atoms with E-state index < -0.39 is 15.9 Å². The number of rotatable bonds is 5. The summed E-state index contributed by atoms with van der Waals surface area (Å²) in [5.41, 5.74) is 1.62. The molecule has 0 spiro atoms. The van der Waals surface area contributed by atoms with Crippen LogP contribution in [0.1, 0.15) is 57.0 Å². The topological polar surface area (TPSA) is 83.6 Å². The van der Waals surface area contributed by atoms with E-state index in [9.17, 15) is 18.0 Å². The Labute approximate surface area is 162 Å². The fourth-order valence-electron chi connectivity index (χ4n) is 3.33. The number of amides is 2. The molecule has 1 aromatic rings. The molecule has 1 aliphatic rings. The van der Waals surface area contributed by atoms with E-state index in [-0.39, 0.29) is 34.8 Å². The number of likely N-dealkylation sites (N-methyl/N-ethyl adjacent to an activating group) is 1. The Morgan fingerprint density at radius 2 is 1.81 bits per heavy atom. The zero-order valence-electron chi connectivity index (χ0n) is 16.8. The van der Waals surface area contributed by atoms with Gasteiger partial charge in [-0.3, -0.25) is 9.59 Å². The second-order valence-electron chi connectivity index (χ2n) is 8.20. The van der Waals surface area contributed by atoms with Crippen molar-refractivity contribution in [2.24, 2.45) is 0 Å². The average molecular weight is 395 g/mol. The number of hydrogen-bond donors (Lipinski definition) is 1. The first kappa shape index (κ1) is 21.4. The van der Waals surface area contributed by atoms with Gasteiger partial charge < -0.3 is 10.2 Å². The monoisotopic (exact) mass is 394 g/mol. The number of nitrogens with one attached hydrogen (secondary N) is 1. The van der Waals surface area contributed by atoms with Gasteiger partial charge in [0, 0.05) is 18.2 Å². The normalized spacial score (nSPS) is 20.1. The summed E-state index contributed by atoms with van der Waals surface area (Å²) in [6, 6.07) is 6.33. The predicted molar refractivity (Wildman–Crippen MR) is 107 cm³/mol. The standard InChI is InChI=1S/C20H30N2O4S/c1-6-22(17-11-12-27(25,26)13-17)19(24)14(2)21-18(23)15-7-9-16(10-8-15)20(3,4)5/h7-10,14,17H,6,11-13H2,1-5H3,(H,21,23)/t14-,17-/m0/s1. The molecule has 0 aliphatic carbocycles. The Balaban J connectivity index is 2.03. The lowest BCUT2D eigenvalue weighted by Gasteiger charge is -2.29. The van der Waals surface area contributed by atoms with Crippen LogP contribution < -0.4 is 5.32 Å². The number of carbonyl (C=O) groups is 2. The van der Waals surface area contributed by atoms with Gasteiger partial charge in [0.25, 0.3) is 5.91 Å². The van der Waals surface area contributed by atoms with Gasteiger partial charge in [0.2, 0.25) is 5.91 Å². The van der Waals surface area contributed by atoms with E-state index in [1.54, 1.807) is 24.0 Å².